The van der Waals surface area contributed by atoms with Crippen molar-refractivity contribution in [1.82, 2.24) is 9.55 Å². The number of hydrogen-bond acceptors (Lipinski definition) is 2. The Morgan fingerprint density at radius 3 is 2.70 bits per heavy atom. The minimum Gasteiger partial charge on any atom is -0.478 e. The molecule has 20 heavy (non-hydrogen) atoms. The van der Waals surface area contributed by atoms with Crippen LogP contribution in [0.15, 0.2) is 18.2 Å². The molecule has 1 aromatic heterocycles. The normalized spacial score (nSPS) is 25.6. The molecule has 0 amide bonds. The molecule has 2 aliphatic rings. The first-order valence-corrected chi connectivity index (χ1v) is 7.38. The molecule has 2 aliphatic carbocycles. The van der Waals surface area contributed by atoms with Crippen LogP contribution in [0.4, 0.5) is 0 Å². The van der Waals surface area contributed by atoms with Crippen molar-refractivity contribution in [3.63, 3.8) is 0 Å². The van der Waals surface area contributed by atoms with E-state index in [9.17, 15) is 4.79 Å². The van der Waals surface area contributed by atoms with Gasteiger partial charge in [0.2, 0.25) is 0 Å². The van der Waals surface area contributed by atoms with Crippen LogP contribution in [0, 0.1) is 5.92 Å². The minimum atomic E-state index is -0.883. The van der Waals surface area contributed by atoms with E-state index in [-0.39, 0.29) is 0 Å². The predicted octanol–water partition coefficient (Wildman–Crippen LogP) is 3.58. The van der Waals surface area contributed by atoms with Crippen molar-refractivity contribution >= 4 is 17.0 Å². The fraction of sp³-hybridized carbons (Fsp3) is 0.500. The molecule has 0 radical (unpaired) electrons. The fourth-order valence-corrected chi connectivity index (χ4v) is 3.33. The van der Waals surface area contributed by atoms with Crippen LogP contribution >= 0.6 is 0 Å². The Hall–Kier alpha value is -1.84. The molecule has 2 saturated carbocycles. The standard InChI is InChI=1S/C16H18N2O2/c1-9-6-12(7-9)18-14-5-4-11(16(19)20)8-13(14)17-15(18)10-2-3-10/h4-5,8-10,12H,2-3,6-7H2,1H3,(H,19,20). The molecule has 0 atom stereocenters. The second kappa shape index (κ2) is 4.08. The number of aromatic carboxylic acids is 1. The first kappa shape index (κ1) is 11.9. The molecule has 0 unspecified atom stereocenters. The molecule has 1 heterocycles. The third kappa shape index (κ3) is 1.74. The lowest BCUT2D eigenvalue weighted by atomic mass is 9.81. The van der Waals surface area contributed by atoms with E-state index in [0.29, 0.717) is 17.5 Å². The van der Waals surface area contributed by atoms with Crippen LogP contribution in [-0.2, 0) is 0 Å². The number of carboxylic acids is 1. The zero-order valence-corrected chi connectivity index (χ0v) is 11.5. The molecule has 2 aromatic rings. The van der Waals surface area contributed by atoms with Crippen LogP contribution in [0.25, 0.3) is 11.0 Å². The molecule has 1 N–H and O–H groups in total. The van der Waals surface area contributed by atoms with Crippen molar-refractivity contribution in [3.05, 3.63) is 29.6 Å². The predicted molar refractivity (Wildman–Crippen MR) is 76.1 cm³/mol. The van der Waals surface area contributed by atoms with Gasteiger partial charge in [-0.1, -0.05) is 6.92 Å². The molecule has 4 heteroatoms. The van der Waals surface area contributed by atoms with Crippen molar-refractivity contribution in [1.29, 1.82) is 0 Å². The Balaban J connectivity index is 1.86. The van der Waals surface area contributed by atoms with Crippen molar-refractivity contribution < 1.29 is 9.90 Å². The molecule has 1 aromatic carbocycles. The average molecular weight is 270 g/mol. The summed E-state index contributed by atoms with van der Waals surface area (Å²) in [5.41, 5.74) is 2.27. The smallest absolute Gasteiger partial charge is 0.335 e. The number of fused-ring (bicyclic) bond motifs is 1. The second-order valence-electron chi connectivity index (χ2n) is 6.35. The van der Waals surface area contributed by atoms with Gasteiger partial charge < -0.3 is 9.67 Å². The van der Waals surface area contributed by atoms with Gasteiger partial charge in [-0.05, 0) is 49.8 Å². The van der Waals surface area contributed by atoms with Crippen LogP contribution in [0.1, 0.15) is 60.7 Å². The number of carbonyl (C=O) groups is 1. The maximum Gasteiger partial charge on any atom is 0.335 e. The van der Waals surface area contributed by atoms with Crippen LogP contribution in [0.3, 0.4) is 0 Å². The highest BCUT2D eigenvalue weighted by molar-refractivity contribution is 5.92. The lowest BCUT2D eigenvalue weighted by molar-refractivity contribution is 0.0697. The first-order chi connectivity index (χ1) is 9.63. The highest BCUT2D eigenvalue weighted by Gasteiger charge is 2.35. The number of rotatable bonds is 3. The van der Waals surface area contributed by atoms with Gasteiger partial charge in [-0.25, -0.2) is 9.78 Å². The van der Waals surface area contributed by atoms with Crippen molar-refractivity contribution in [2.75, 3.05) is 0 Å². The maximum atomic E-state index is 11.1. The zero-order valence-electron chi connectivity index (χ0n) is 11.5. The van der Waals surface area contributed by atoms with Crippen molar-refractivity contribution in [2.24, 2.45) is 5.92 Å². The summed E-state index contributed by atoms with van der Waals surface area (Å²) in [6.45, 7) is 2.29. The molecule has 4 nitrogen and oxygen atoms in total. The Morgan fingerprint density at radius 1 is 1.35 bits per heavy atom. The van der Waals surface area contributed by atoms with E-state index in [1.165, 1.54) is 31.5 Å². The first-order valence-electron chi connectivity index (χ1n) is 7.38. The Bertz CT molecular complexity index is 694. The van der Waals surface area contributed by atoms with Gasteiger partial charge >= 0.3 is 5.97 Å². The van der Waals surface area contributed by atoms with Crippen molar-refractivity contribution in [2.45, 2.75) is 44.6 Å². The molecular weight excluding hydrogens is 252 g/mol. The quantitative estimate of drug-likeness (QED) is 0.927. The third-order valence-corrected chi connectivity index (χ3v) is 4.62. The maximum absolute atomic E-state index is 11.1. The monoisotopic (exact) mass is 270 g/mol. The SMILES string of the molecule is CC1CC(n2c(C3CC3)nc3cc(C(=O)O)ccc32)C1. The van der Waals surface area contributed by atoms with Gasteiger partial charge in [-0.3, -0.25) is 0 Å². The zero-order chi connectivity index (χ0) is 13.9. The van der Waals surface area contributed by atoms with E-state index >= 15 is 0 Å². The number of hydrogen-bond donors (Lipinski definition) is 1. The van der Waals surface area contributed by atoms with Gasteiger partial charge in [0.15, 0.2) is 0 Å². The summed E-state index contributed by atoms with van der Waals surface area (Å²) in [6, 6.07) is 5.89. The summed E-state index contributed by atoms with van der Waals surface area (Å²) in [5.74, 6) is 1.68. The van der Waals surface area contributed by atoms with E-state index in [2.05, 4.69) is 11.5 Å². The molecule has 0 bridgehead atoms. The summed E-state index contributed by atoms with van der Waals surface area (Å²) >= 11 is 0. The van der Waals surface area contributed by atoms with Crippen LogP contribution in [0.2, 0.25) is 0 Å². The summed E-state index contributed by atoms with van der Waals surface area (Å²) in [5, 5.41) is 9.11. The summed E-state index contributed by atoms with van der Waals surface area (Å²) in [6.07, 6.45) is 4.87. The molecule has 0 spiro atoms. The van der Waals surface area contributed by atoms with E-state index < -0.39 is 5.97 Å². The summed E-state index contributed by atoms with van der Waals surface area (Å²) in [4.78, 5) is 15.8. The number of benzene rings is 1. The van der Waals surface area contributed by atoms with Crippen molar-refractivity contribution in [3.8, 4) is 0 Å². The van der Waals surface area contributed by atoms with Gasteiger partial charge in [-0.15, -0.1) is 0 Å². The molecular formula is C16H18N2O2. The molecule has 2 fully saturated rings. The minimum absolute atomic E-state index is 0.325. The van der Waals surface area contributed by atoms with E-state index in [4.69, 9.17) is 10.1 Å². The lowest BCUT2D eigenvalue weighted by Gasteiger charge is -2.35. The summed E-state index contributed by atoms with van der Waals surface area (Å²) < 4.78 is 2.39. The van der Waals surface area contributed by atoms with E-state index in [0.717, 1.165) is 17.0 Å². The van der Waals surface area contributed by atoms with Gasteiger partial charge in [0.1, 0.15) is 5.82 Å². The Labute approximate surface area is 117 Å². The highest BCUT2D eigenvalue weighted by atomic mass is 16.4. The number of imidazole rings is 1. The second-order valence-corrected chi connectivity index (χ2v) is 6.35. The topological polar surface area (TPSA) is 55.1 Å². The van der Waals surface area contributed by atoms with Crippen LogP contribution in [-0.4, -0.2) is 20.6 Å². The van der Waals surface area contributed by atoms with E-state index in [1.807, 2.05) is 6.07 Å². The molecule has 104 valence electrons. The number of carboxylic acid groups (broad SMARTS) is 1. The van der Waals surface area contributed by atoms with Gasteiger partial charge in [-0.2, -0.15) is 0 Å². The number of aromatic nitrogens is 2. The Morgan fingerprint density at radius 2 is 2.10 bits per heavy atom. The lowest BCUT2D eigenvalue weighted by Crippen LogP contribution is -2.25. The molecule has 4 rings (SSSR count). The van der Waals surface area contributed by atoms with Gasteiger partial charge in [0.25, 0.3) is 0 Å². The van der Waals surface area contributed by atoms with Crippen LogP contribution < -0.4 is 0 Å². The number of nitrogens with zero attached hydrogens (tertiary/aromatic N) is 2. The largest absolute Gasteiger partial charge is 0.478 e. The molecule has 0 saturated heterocycles. The average Bonchev–Trinajstić information content (AvgIpc) is 3.16. The third-order valence-electron chi connectivity index (χ3n) is 4.62. The fourth-order valence-electron chi connectivity index (χ4n) is 3.33. The van der Waals surface area contributed by atoms with Gasteiger partial charge in [0, 0.05) is 12.0 Å². The van der Waals surface area contributed by atoms with Crippen LogP contribution in [0.5, 0.6) is 0 Å². The Kier molecular flexibility index (Phi) is 2.43. The summed E-state index contributed by atoms with van der Waals surface area (Å²) in [7, 11) is 0. The molecule has 0 aliphatic heterocycles. The highest BCUT2D eigenvalue weighted by Crippen LogP contribution is 2.46. The van der Waals surface area contributed by atoms with Gasteiger partial charge in [0.05, 0.1) is 16.6 Å². The van der Waals surface area contributed by atoms with E-state index in [1.54, 1.807) is 12.1 Å².